The van der Waals surface area contributed by atoms with Gasteiger partial charge >= 0.3 is 5.97 Å². The maximum absolute atomic E-state index is 12.0. The fourth-order valence-electron chi connectivity index (χ4n) is 1.70. The zero-order chi connectivity index (χ0) is 17.4. The second-order valence-corrected chi connectivity index (χ2v) is 4.90. The normalized spacial score (nSPS) is 9.70. The Labute approximate surface area is 139 Å². The van der Waals surface area contributed by atoms with Crippen molar-refractivity contribution >= 4 is 23.5 Å². The van der Waals surface area contributed by atoms with E-state index in [4.69, 9.17) is 31.1 Å². The topological polar surface area (TPSA) is 88.9 Å². The SMILES string of the molecule is COc1cc(C(=O)OCC(=O)N(C)CCC#N)cc(Cl)c1OC. The second kappa shape index (κ2) is 8.86. The summed E-state index contributed by atoms with van der Waals surface area (Å²) in [6.07, 6.45) is 0.210. The average molecular weight is 341 g/mol. The van der Waals surface area contributed by atoms with Gasteiger partial charge in [-0.15, -0.1) is 0 Å². The Hall–Kier alpha value is -2.46. The Kier molecular flexibility index (Phi) is 7.16. The van der Waals surface area contributed by atoms with E-state index in [1.807, 2.05) is 6.07 Å². The fraction of sp³-hybridized carbons (Fsp3) is 0.400. The van der Waals surface area contributed by atoms with E-state index in [1.54, 1.807) is 0 Å². The first-order chi connectivity index (χ1) is 10.9. The van der Waals surface area contributed by atoms with Crippen LogP contribution in [0.2, 0.25) is 5.02 Å². The number of hydrogen-bond donors (Lipinski definition) is 0. The molecule has 1 amide bonds. The standard InChI is InChI=1S/C15H17ClN2O5/c1-18(6-4-5-17)13(19)9-23-15(20)10-7-11(16)14(22-3)12(8-10)21-2/h7-8H,4,6,9H2,1-3H3. The zero-order valence-electron chi connectivity index (χ0n) is 13.1. The summed E-state index contributed by atoms with van der Waals surface area (Å²) in [5.41, 5.74) is 0.139. The molecule has 0 radical (unpaired) electrons. The molecule has 0 spiro atoms. The lowest BCUT2D eigenvalue weighted by Crippen LogP contribution is -2.31. The molecule has 0 aliphatic rings. The lowest BCUT2D eigenvalue weighted by molar-refractivity contribution is -0.133. The van der Waals surface area contributed by atoms with Crippen LogP contribution in [0.25, 0.3) is 0 Å². The first-order valence-electron chi connectivity index (χ1n) is 6.64. The van der Waals surface area contributed by atoms with Gasteiger partial charge in [-0.1, -0.05) is 11.6 Å². The van der Waals surface area contributed by atoms with Crippen molar-refractivity contribution in [3.05, 3.63) is 22.7 Å². The first kappa shape index (κ1) is 18.6. The van der Waals surface area contributed by atoms with Crippen molar-refractivity contribution in [2.45, 2.75) is 6.42 Å². The van der Waals surface area contributed by atoms with Crippen molar-refractivity contribution in [3.8, 4) is 17.6 Å². The highest BCUT2D eigenvalue weighted by molar-refractivity contribution is 6.32. The molecule has 0 atom stereocenters. The van der Waals surface area contributed by atoms with E-state index in [-0.39, 0.29) is 29.3 Å². The Morgan fingerprint density at radius 1 is 1.30 bits per heavy atom. The van der Waals surface area contributed by atoms with E-state index < -0.39 is 18.5 Å². The Morgan fingerprint density at radius 3 is 2.57 bits per heavy atom. The second-order valence-electron chi connectivity index (χ2n) is 4.49. The summed E-state index contributed by atoms with van der Waals surface area (Å²) in [5.74, 6) is -0.530. The summed E-state index contributed by atoms with van der Waals surface area (Å²) in [6, 6.07) is 4.72. The highest BCUT2D eigenvalue weighted by atomic mass is 35.5. The van der Waals surface area contributed by atoms with Crippen LogP contribution in [0.1, 0.15) is 16.8 Å². The smallest absolute Gasteiger partial charge is 0.338 e. The van der Waals surface area contributed by atoms with E-state index >= 15 is 0 Å². The van der Waals surface area contributed by atoms with E-state index in [1.165, 1.54) is 38.3 Å². The van der Waals surface area contributed by atoms with Crippen LogP contribution in [-0.2, 0) is 9.53 Å². The van der Waals surface area contributed by atoms with Crippen LogP contribution in [0.5, 0.6) is 11.5 Å². The zero-order valence-corrected chi connectivity index (χ0v) is 13.8. The number of carbonyl (C=O) groups is 2. The quantitative estimate of drug-likeness (QED) is 0.704. The number of ether oxygens (including phenoxy) is 3. The molecular weight excluding hydrogens is 324 g/mol. The van der Waals surface area contributed by atoms with Crippen LogP contribution < -0.4 is 9.47 Å². The van der Waals surface area contributed by atoms with E-state index in [0.29, 0.717) is 5.75 Å². The van der Waals surface area contributed by atoms with Crippen molar-refractivity contribution in [2.75, 3.05) is 34.4 Å². The van der Waals surface area contributed by atoms with Gasteiger partial charge in [0.25, 0.3) is 5.91 Å². The lowest BCUT2D eigenvalue weighted by atomic mass is 10.2. The minimum atomic E-state index is -0.713. The van der Waals surface area contributed by atoms with E-state index in [0.717, 1.165) is 0 Å². The first-order valence-corrected chi connectivity index (χ1v) is 7.02. The average Bonchev–Trinajstić information content (AvgIpc) is 2.55. The Morgan fingerprint density at radius 2 is 2.00 bits per heavy atom. The molecule has 0 unspecified atom stereocenters. The number of likely N-dealkylation sites (N-methyl/N-ethyl adjacent to an activating group) is 1. The largest absolute Gasteiger partial charge is 0.493 e. The number of esters is 1. The van der Waals surface area contributed by atoms with Crippen molar-refractivity contribution < 1.29 is 23.8 Å². The van der Waals surface area contributed by atoms with Crippen molar-refractivity contribution in [2.24, 2.45) is 0 Å². The van der Waals surface area contributed by atoms with Gasteiger partial charge < -0.3 is 19.1 Å². The molecule has 0 heterocycles. The predicted molar refractivity (Wildman–Crippen MR) is 82.7 cm³/mol. The van der Waals surface area contributed by atoms with Crippen molar-refractivity contribution in [3.63, 3.8) is 0 Å². The number of halogens is 1. The van der Waals surface area contributed by atoms with Gasteiger partial charge in [0.1, 0.15) is 0 Å². The molecule has 1 aromatic rings. The molecule has 0 fully saturated rings. The van der Waals surface area contributed by atoms with Crippen LogP contribution >= 0.6 is 11.6 Å². The van der Waals surface area contributed by atoms with E-state index in [9.17, 15) is 9.59 Å². The third-order valence-electron chi connectivity index (χ3n) is 2.98. The van der Waals surface area contributed by atoms with Crippen molar-refractivity contribution in [1.82, 2.24) is 4.90 Å². The number of nitriles is 1. The van der Waals surface area contributed by atoms with Gasteiger partial charge in [-0.2, -0.15) is 5.26 Å². The van der Waals surface area contributed by atoms with Crippen LogP contribution in [0.3, 0.4) is 0 Å². The number of methoxy groups -OCH3 is 2. The molecule has 23 heavy (non-hydrogen) atoms. The third kappa shape index (κ3) is 5.04. The summed E-state index contributed by atoms with van der Waals surface area (Å²) in [4.78, 5) is 25.1. The fourth-order valence-corrected chi connectivity index (χ4v) is 1.99. The van der Waals surface area contributed by atoms with Gasteiger partial charge in [-0.25, -0.2) is 4.79 Å². The maximum atomic E-state index is 12.0. The molecule has 7 nitrogen and oxygen atoms in total. The summed E-state index contributed by atoms with van der Waals surface area (Å²) >= 11 is 6.01. The van der Waals surface area contributed by atoms with Crippen LogP contribution in [-0.4, -0.2) is 51.2 Å². The van der Waals surface area contributed by atoms with Gasteiger partial charge in [0.15, 0.2) is 18.1 Å². The summed E-state index contributed by atoms with van der Waals surface area (Å²) in [7, 11) is 4.37. The minimum Gasteiger partial charge on any atom is -0.493 e. The van der Waals surface area contributed by atoms with Gasteiger partial charge in [0.05, 0.1) is 37.3 Å². The van der Waals surface area contributed by atoms with Crippen molar-refractivity contribution in [1.29, 1.82) is 5.26 Å². The monoisotopic (exact) mass is 340 g/mol. The molecule has 0 aromatic heterocycles. The number of benzene rings is 1. The molecule has 0 N–H and O–H groups in total. The molecule has 1 aromatic carbocycles. The van der Waals surface area contributed by atoms with Crippen LogP contribution in [0, 0.1) is 11.3 Å². The molecule has 0 saturated carbocycles. The van der Waals surface area contributed by atoms with E-state index in [2.05, 4.69) is 0 Å². The molecule has 0 aliphatic carbocycles. The third-order valence-corrected chi connectivity index (χ3v) is 3.26. The highest BCUT2D eigenvalue weighted by Crippen LogP contribution is 2.36. The number of hydrogen-bond acceptors (Lipinski definition) is 6. The molecule has 1 rings (SSSR count). The van der Waals surface area contributed by atoms with Gasteiger partial charge in [-0.3, -0.25) is 4.79 Å². The molecular formula is C15H17ClN2O5. The number of amides is 1. The lowest BCUT2D eigenvalue weighted by Gasteiger charge is -2.15. The Balaban J connectivity index is 2.74. The van der Waals surface area contributed by atoms with Crippen LogP contribution in [0.4, 0.5) is 0 Å². The number of carbonyl (C=O) groups excluding carboxylic acids is 2. The highest BCUT2D eigenvalue weighted by Gasteiger charge is 2.18. The van der Waals surface area contributed by atoms with Gasteiger partial charge in [0, 0.05) is 13.6 Å². The maximum Gasteiger partial charge on any atom is 0.338 e. The number of rotatable bonds is 7. The van der Waals surface area contributed by atoms with Crippen LogP contribution in [0.15, 0.2) is 12.1 Å². The number of nitrogens with zero attached hydrogens (tertiary/aromatic N) is 2. The minimum absolute atomic E-state index is 0.139. The van der Waals surface area contributed by atoms with Gasteiger partial charge in [0.2, 0.25) is 0 Å². The molecule has 0 saturated heterocycles. The molecule has 8 heteroatoms. The summed E-state index contributed by atoms with van der Waals surface area (Å²) in [6.45, 7) is -0.151. The molecule has 124 valence electrons. The summed E-state index contributed by atoms with van der Waals surface area (Å²) < 4.78 is 15.1. The predicted octanol–water partition coefficient (Wildman–Crippen LogP) is 1.89. The molecule has 0 aliphatic heterocycles. The van der Waals surface area contributed by atoms with Gasteiger partial charge in [-0.05, 0) is 12.1 Å². The molecule has 0 bridgehead atoms. The Bertz CT molecular complexity index is 627. The summed E-state index contributed by atoms with van der Waals surface area (Å²) in [5, 5.41) is 8.66.